The molecule has 2 atom stereocenters. The van der Waals surface area contributed by atoms with Crippen LogP contribution in [0.5, 0.6) is 0 Å². The topological polar surface area (TPSA) is 92.7 Å². The maximum Gasteiger partial charge on any atom is 0.253 e. The van der Waals surface area contributed by atoms with Crippen molar-refractivity contribution in [3.8, 4) is 0 Å². The van der Waals surface area contributed by atoms with Crippen molar-refractivity contribution in [3.05, 3.63) is 64.7 Å². The zero-order valence-corrected chi connectivity index (χ0v) is 19.5. The summed E-state index contributed by atoms with van der Waals surface area (Å²) in [5.74, 6) is 6.11. The minimum atomic E-state index is 0.000533. The molecule has 31 heavy (non-hydrogen) atoms. The fourth-order valence-corrected chi connectivity index (χ4v) is 3.90. The third-order valence-corrected chi connectivity index (χ3v) is 5.45. The Morgan fingerprint density at radius 2 is 1.90 bits per heavy atom. The number of rotatable bonds is 5. The monoisotopic (exact) mass is 446 g/mol. The van der Waals surface area contributed by atoms with Crippen LogP contribution in [0.4, 0.5) is 5.69 Å². The third kappa shape index (κ3) is 7.98. The van der Waals surface area contributed by atoms with Crippen LogP contribution >= 0.6 is 11.6 Å². The van der Waals surface area contributed by atoms with Gasteiger partial charge in [0.15, 0.2) is 0 Å². The Bertz CT molecular complexity index is 816. The first kappa shape index (κ1) is 26.6. The minimum absolute atomic E-state index is 0.000533. The highest BCUT2D eigenvalue weighted by Gasteiger charge is 2.28. The van der Waals surface area contributed by atoms with E-state index in [1.807, 2.05) is 74.1 Å². The molecule has 3 rings (SSSR count). The van der Waals surface area contributed by atoms with Crippen LogP contribution in [-0.4, -0.2) is 43.8 Å². The number of piperidine rings is 1. The molecule has 1 aliphatic heterocycles. The van der Waals surface area contributed by atoms with Crippen LogP contribution in [0.2, 0.25) is 5.02 Å². The smallest absolute Gasteiger partial charge is 0.253 e. The van der Waals surface area contributed by atoms with E-state index in [4.69, 9.17) is 28.0 Å². The number of halogens is 1. The van der Waals surface area contributed by atoms with Crippen LogP contribution in [-0.2, 0) is 11.2 Å². The summed E-state index contributed by atoms with van der Waals surface area (Å²) in [6.07, 6.45) is 2.77. The van der Waals surface area contributed by atoms with E-state index in [9.17, 15) is 4.79 Å². The van der Waals surface area contributed by atoms with Gasteiger partial charge in [-0.2, -0.15) is 0 Å². The number of anilines is 1. The number of carbonyl (C=O) groups excluding carboxylic acids is 2. The van der Waals surface area contributed by atoms with E-state index in [1.54, 1.807) is 7.05 Å². The van der Waals surface area contributed by atoms with Gasteiger partial charge in [-0.15, -0.1) is 0 Å². The molecule has 2 unspecified atom stereocenters. The molecule has 0 radical (unpaired) electrons. The lowest BCUT2D eigenvalue weighted by atomic mass is 9.87. The average molecular weight is 447 g/mol. The largest absolute Gasteiger partial charge is 0.338 e. The van der Waals surface area contributed by atoms with Crippen LogP contribution in [0, 0.1) is 5.92 Å². The number of nitrogens with zero attached hydrogens (tertiary/aromatic N) is 2. The van der Waals surface area contributed by atoms with E-state index < -0.39 is 0 Å². The first-order valence-corrected chi connectivity index (χ1v) is 11.0. The molecule has 0 aliphatic carbocycles. The predicted octanol–water partition coefficient (Wildman–Crippen LogP) is 3.91. The molecule has 170 valence electrons. The predicted molar refractivity (Wildman–Crippen MR) is 129 cm³/mol. The van der Waals surface area contributed by atoms with E-state index in [0.29, 0.717) is 12.1 Å². The van der Waals surface area contributed by atoms with Crippen LogP contribution in [0.15, 0.2) is 48.5 Å². The van der Waals surface area contributed by atoms with E-state index in [2.05, 4.69) is 0 Å². The van der Waals surface area contributed by atoms with Gasteiger partial charge in [-0.1, -0.05) is 43.6 Å². The lowest BCUT2D eigenvalue weighted by Crippen LogP contribution is -2.46. The van der Waals surface area contributed by atoms with Crippen LogP contribution in [0.25, 0.3) is 0 Å². The number of carbonyl (C=O) groups is 2. The second-order valence-corrected chi connectivity index (χ2v) is 7.75. The normalized spacial score (nSPS) is 16.2. The molecule has 1 aliphatic rings. The second-order valence-electron chi connectivity index (χ2n) is 7.31. The zero-order valence-electron chi connectivity index (χ0n) is 18.8. The van der Waals surface area contributed by atoms with Gasteiger partial charge in [-0.05, 0) is 61.1 Å². The standard InChI is InChI=1S/C21H27ClN4O.C2H6.CH2O/c1-25(24)19-9-3-6-16(13-19)21(27)26-10-4-7-17(14-26)20(23)12-15-5-2-8-18(22)11-15;2*1-2/h2-3,5-6,8-9,11,13,17,20H,4,7,10,12,14,23-24H2,1H3;1-2H3;1H2. The van der Waals surface area contributed by atoms with Crippen molar-refractivity contribution in [2.45, 2.75) is 39.2 Å². The van der Waals surface area contributed by atoms with E-state index in [0.717, 1.165) is 42.1 Å². The Hall–Kier alpha value is -2.41. The number of hydrogen-bond donors (Lipinski definition) is 2. The average Bonchev–Trinajstić information content (AvgIpc) is 2.81. The first-order chi connectivity index (χ1) is 14.9. The molecule has 0 spiro atoms. The molecule has 1 saturated heterocycles. The highest BCUT2D eigenvalue weighted by molar-refractivity contribution is 6.30. The van der Waals surface area contributed by atoms with Gasteiger partial charge in [0.2, 0.25) is 0 Å². The van der Waals surface area contributed by atoms with Crippen molar-refractivity contribution < 1.29 is 9.59 Å². The Morgan fingerprint density at radius 3 is 2.55 bits per heavy atom. The lowest BCUT2D eigenvalue weighted by Gasteiger charge is -2.36. The molecule has 1 amide bonds. The van der Waals surface area contributed by atoms with Crippen LogP contribution in [0.3, 0.4) is 0 Å². The maximum absolute atomic E-state index is 13.0. The molecular weight excluding hydrogens is 412 g/mol. The molecular formula is C24H35ClN4O2. The number of benzene rings is 2. The number of hydrazine groups is 1. The summed E-state index contributed by atoms with van der Waals surface area (Å²) in [5.41, 5.74) is 9.10. The van der Waals surface area contributed by atoms with Gasteiger partial charge < -0.3 is 20.4 Å². The molecule has 0 aromatic heterocycles. The quantitative estimate of drug-likeness (QED) is 0.536. The van der Waals surface area contributed by atoms with Gasteiger partial charge in [0.25, 0.3) is 5.91 Å². The third-order valence-electron chi connectivity index (χ3n) is 5.21. The number of amides is 1. The summed E-state index contributed by atoms with van der Waals surface area (Å²) in [7, 11) is 1.76. The van der Waals surface area contributed by atoms with E-state index in [-0.39, 0.29) is 17.9 Å². The van der Waals surface area contributed by atoms with Gasteiger partial charge in [0.1, 0.15) is 6.79 Å². The van der Waals surface area contributed by atoms with Crippen molar-refractivity contribution in [2.24, 2.45) is 17.5 Å². The fraction of sp³-hybridized carbons (Fsp3) is 0.417. The summed E-state index contributed by atoms with van der Waals surface area (Å²) in [6.45, 7) is 7.45. The fourth-order valence-electron chi connectivity index (χ4n) is 3.69. The summed E-state index contributed by atoms with van der Waals surface area (Å²) in [5, 5.41) is 2.24. The number of nitrogens with two attached hydrogens (primary N) is 2. The highest BCUT2D eigenvalue weighted by Crippen LogP contribution is 2.24. The van der Waals surface area contributed by atoms with Gasteiger partial charge in [-0.3, -0.25) is 4.79 Å². The van der Waals surface area contributed by atoms with Crippen molar-refractivity contribution in [2.75, 3.05) is 25.1 Å². The number of likely N-dealkylation sites (tertiary alicyclic amines) is 1. The minimum Gasteiger partial charge on any atom is -0.338 e. The molecule has 6 nitrogen and oxygen atoms in total. The van der Waals surface area contributed by atoms with Gasteiger partial charge in [0.05, 0.1) is 5.69 Å². The van der Waals surface area contributed by atoms with Crippen molar-refractivity contribution in [1.29, 1.82) is 0 Å². The second kappa shape index (κ2) is 13.8. The van der Waals surface area contributed by atoms with Crippen LogP contribution in [0.1, 0.15) is 42.6 Å². The van der Waals surface area contributed by atoms with E-state index in [1.165, 1.54) is 5.01 Å². The summed E-state index contributed by atoms with van der Waals surface area (Å²) in [4.78, 5) is 22.9. The van der Waals surface area contributed by atoms with E-state index >= 15 is 0 Å². The summed E-state index contributed by atoms with van der Waals surface area (Å²) in [6, 6.07) is 15.2. The molecule has 0 bridgehead atoms. The Kier molecular flexibility index (Phi) is 11.9. The van der Waals surface area contributed by atoms with Crippen LogP contribution < -0.4 is 16.6 Å². The first-order valence-electron chi connectivity index (χ1n) is 10.6. The molecule has 2 aromatic rings. The Morgan fingerprint density at radius 1 is 1.23 bits per heavy atom. The molecule has 1 fully saturated rings. The summed E-state index contributed by atoms with van der Waals surface area (Å²) < 4.78 is 0. The van der Waals surface area contributed by atoms with Crippen molar-refractivity contribution >= 4 is 30.0 Å². The number of hydrogen-bond acceptors (Lipinski definition) is 5. The molecule has 4 N–H and O–H groups in total. The van der Waals surface area contributed by atoms with Gasteiger partial charge >= 0.3 is 0 Å². The maximum atomic E-state index is 13.0. The molecule has 1 heterocycles. The lowest BCUT2D eigenvalue weighted by molar-refractivity contribution is -0.0980. The highest BCUT2D eigenvalue weighted by atomic mass is 35.5. The SMILES string of the molecule is C=O.CC.CN(N)c1cccc(C(=O)N2CCCC(C(N)Cc3cccc(Cl)c3)C2)c1. The molecule has 2 aromatic carbocycles. The van der Waals surface area contributed by atoms with Crippen molar-refractivity contribution in [1.82, 2.24) is 4.90 Å². The molecule has 7 heteroatoms. The molecule has 0 saturated carbocycles. The van der Waals surface area contributed by atoms with Gasteiger partial charge in [0, 0.05) is 36.8 Å². The van der Waals surface area contributed by atoms with Crippen molar-refractivity contribution in [3.63, 3.8) is 0 Å². The zero-order chi connectivity index (χ0) is 23.4. The Balaban J connectivity index is 0.00000113. The summed E-state index contributed by atoms with van der Waals surface area (Å²) >= 11 is 6.08. The Labute approximate surface area is 191 Å². The van der Waals surface area contributed by atoms with Gasteiger partial charge in [-0.25, -0.2) is 5.84 Å².